The monoisotopic (exact) mass is 722 g/mol. The minimum Gasteiger partial charge on any atom is -0.369 e. The van der Waals surface area contributed by atoms with Gasteiger partial charge in [-0.25, -0.2) is 16.8 Å². The molecule has 0 saturated carbocycles. The molecule has 0 radical (unpaired) electrons. The first-order valence-electron chi connectivity index (χ1n) is 12.1. The Morgan fingerprint density at radius 3 is 2.15 bits per heavy atom. The number of nitrogens with zero attached hydrogens (tertiary/aromatic N) is 3. The number of rotatable bonds is 7. The second-order valence-corrected chi connectivity index (χ2v) is 14.5. The molecule has 220 valence electrons. The van der Waals surface area contributed by atoms with Crippen molar-refractivity contribution in [2.75, 3.05) is 54.0 Å². The SMILES string of the molecule is CN(c1ccc(I)cc1C(=O)Nc1ccc(S(=O)(=O)N2CCN(c3cccc(C(F)(F)F)c3)CC2)cc1)S(C)(=O)=O. The van der Waals surface area contributed by atoms with Crippen molar-refractivity contribution in [1.82, 2.24) is 4.31 Å². The Bertz CT molecular complexity index is 1660. The molecular formula is C26H26F3IN4O5S2. The lowest BCUT2D eigenvalue weighted by atomic mass is 10.1. The van der Waals surface area contributed by atoms with Crippen molar-refractivity contribution in [3.63, 3.8) is 0 Å². The Hall–Kier alpha value is -2.89. The lowest BCUT2D eigenvalue weighted by Crippen LogP contribution is -2.48. The topological polar surface area (TPSA) is 107 Å². The molecule has 1 aliphatic heterocycles. The molecular weight excluding hydrogens is 696 g/mol. The van der Waals surface area contributed by atoms with Crippen LogP contribution in [0.5, 0.6) is 0 Å². The van der Waals surface area contributed by atoms with E-state index in [0.717, 1.165) is 22.7 Å². The molecule has 1 aliphatic rings. The van der Waals surface area contributed by atoms with E-state index in [4.69, 9.17) is 0 Å². The Morgan fingerprint density at radius 2 is 1.56 bits per heavy atom. The van der Waals surface area contributed by atoms with Crippen LogP contribution in [0.15, 0.2) is 71.6 Å². The number of benzene rings is 3. The first-order chi connectivity index (χ1) is 19.1. The zero-order valence-electron chi connectivity index (χ0n) is 21.9. The number of carbonyl (C=O) groups is 1. The van der Waals surface area contributed by atoms with Crippen molar-refractivity contribution >= 4 is 65.6 Å². The molecule has 0 atom stereocenters. The molecule has 41 heavy (non-hydrogen) atoms. The number of hydrogen-bond donors (Lipinski definition) is 1. The maximum absolute atomic E-state index is 13.2. The number of anilines is 3. The quantitative estimate of drug-likeness (QED) is 0.361. The summed E-state index contributed by atoms with van der Waals surface area (Å²) >= 11 is 2.01. The van der Waals surface area contributed by atoms with E-state index in [0.29, 0.717) is 14.9 Å². The molecule has 15 heteroatoms. The van der Waals surface area contributed by atoms with Gasteiger partial charge in [-0.1, -0.05) is 6.07 Å². The standard InChI is InChI=1S/C26H26F3IN4O5S2/c1-32(40(2,36)37)24-11-6-19(30)17-23(24)25(35)31-20-7-9-22(10-8-20)41(38,39)34-14-12-33(13-15-34)21-5-3-4-18(16-21)26(27,28)29/h3-11,16-17H,12-15H2,1-2H3,(H,31,35). The largest absolute Gasteiger partial charge is 0.416 e. The number of carbonyl (C=O) groups excluding carboxylic acids is 1. The van der Waals surface area contributed by atoms with Crippen LogP contribution in [0.25, 0.3) is 0 Å². The highest BCUT2D eigenvalue weighted by atomic mass is 127. The van der Waals surface area contributed by atoms with Gasteiger partial charge in [0.05, 0.1) is 28.0 Å². The van der Waals surface area contributed by atoms with Crippen LogP contribution in [-0.2, 0) is 26.2 Å². The lowest BCUT2D eigenvalue weighted by molar-refractivity contribution is -0.137. The molecule has 0 aromatic heterocycles. The van der Waals surface area contributed by atoms with Crippen molar-refractivity contribution in [1.29, 1.82) is 0 Å². The summed E-state index contributed by atoms with van der Waals surface area (Å²) in [5.74, 6) is -0.574. The summed E-state index contributed by atoms with van der Waals surface area (Å²) in [6.07, 6.45) is -3.45. The van der Waals surface area contributed by atoms with Gasteiger partial charge in [-0.05, 0) is 83.3 Å². The molecule has 3 aromatic carbocycles. The summed E-state index contributed by atoms with van der Waals surface area (Å²) in [4.78, 5) is 14.7. The highest BCUT2D eigenvalue weighted by Crippen LogP contribution is 2.32. The van der Waals surface area contributed by atoms with E-state index in [2.05, 4.69) is 5.32 Å². The van der Waals surface area contributed by atoms with Crippen molar-refractivity contribution in [3.8, 4) is 0 Å². The van der Waals surface area contributed by atoms with Gasteiger partial charge < -0.3 is 10.2 Å². The number of hydrogen-bond acceptors (Lipinski definition) is 6. The zero-order valence-corrected chi connectivity index (χ0v) is 25.7. The van der Waals surface area contributed by atoms with Gasteiger partial charge in [0, 0.05) is 48.2 Å². The number of sulfonamides is 2. The normalized spacial score (nSPS) is 15.0. The van der Waals surface area contributed by atoms with Gasteiger partial charge in [-0.2, -0.15) is 17.5 Å². The summed E-state index contributed by atoms with van der Waals surface area (Å²) in [6.45, 7) is 0.602. The molecule has 1 heterocycles. The van der Waals surface area contributed by atoms with Crippen LogP contribution in [0.1, 0.15) is 15.9 Å². The van der Waals surface area contributed by atoms with Crippen LogP contribution < -0.4 is 14.5 Å². The number of amides is 1. The maximum Gasteiger partial charge on any atom is 0.416 e. The Labute approximate surface area is 250 Å². The molecule has 0 unspecified atom stereocenters. The van der Waals surface area contributed by atoms with Gasteiger partial charge in [0.2, 0.25) is 20.0 Å². The third kappa shape index (κ3) is 7.13. The number of halogens is 4. The van der Waals surface area contributed by atoms with Crippen molar-refractivity contribution in [3.05, 3.63) is 81.4 Å². The Balaban J connectivity index is 1.45. The minimum atomic E-state index is -4.47. The van der Waals surface area contributed by atoms with Crippen molar-refractivity contribution in [2.24, 2.45) is 0 Å². The van der Waals surface area contributed by atoms with E-state index in [-0.39, 0.29) is 42.3 Å². The van der Waals surface area contributed by atoms with Crippen LogP contribution in [0, 0.1) is 3.57 Å². The molecule has 0 bridgehead atoms. The average Bonchev–Trinajstić information content (AvgIpc) is 2.92. The van der Waals surface area contributed by atoms with E-state index >= 15 is 0 Å². The van der Waals surface area contributed by atoms with Gasteiger partial charge in [0.1, 0.15) is 0 Å². The second kappa shape index (κ2) is 11.8. The van der Waals surface area contributed by atoms with E-state index in [9.17, 15) is 34.8 Å². The fraction of sp³-hybridized carbons (Fsp3) is 0.269. The molecule has 0 aliphatic carbocycles. The molecule has 1 saturated heterocycles. The van der Waals surface area contributed by atoms with Crippen LogP contribution in [0.3, 0.4) is 0 Å². The van der Waals surface area contributed by atoms with Crippen LogP contribution >= 0.6 is 22.6 Å². The summed E-state index contributed by atoms with van der Waals surface area (Å²) in [6, 6.07) is 15.2. The average molecular weight is 723 g/mol. The predicted molar refractivity (Wildman–Crippen MR) is 159 cm³/mol. The lowest BCUT2D eigenvalue weighted by Gasteiger charge is -2.35. The van der Waals surface area contributed by atoms with E-state index in [1.807, 2.05) is 22.6 Å². The van der Waals surface area contributed by atoms with Crippen LogP contribution in [0.4, 0.5) is 30.2 Å². The van der Waals surface area contributed by atoms with Gasteiger partial charge in [0.15, 0.2) is 0 Å². The number of nitrogens with one attached hydrogen (secondary N) is 1. The van der Waals surface area contributed by atoms with Gasteiger partial charge in [-0.3, -0.25) is 9.10 Å². The van der Waals surface area contributed by atoms with Crippen LogP contribution in [0.2, 0.25) is 0 Å². The molecule has 1 amide bonds. The maximum atomic E-state index is 13.2. The Morgan fingerprint density at radius 1 is 0.927 bits per heavy atom. The zero-order chi connectivity index (χ0) is 30.2. The van der Waals surface area contributed by atoms with Gasteiger partial charge in [-0.15, -0.1) is 0 Å². The highest BCUT2D eigenvalue weighted by molar-refractivity contribution is 14.1. The third-order valence-electron chi connectivity index (χ3n) is 6.57. The van der Waals surface area contributed by atoms with E-state index in [1.165, 1.54) is 47.8 Å². The summed E-state index contributed by atoms with van der Waals surface area (Å²) in [5.41, 5.74) is 0.220. The predicted octanol–water partition coefficient (Wildman–Crippen LogP) is 4.47. The highest BCUT2D eigenvalue weighted by Gasteiger charge is 2.32. The van der Waals surface area contributed by atoms with Crippen molar-refractivity contribution < 1.29 is 34.8 Å². The van der Waals surface area contributed by atoms with Gasteiger partial charge in [0.25, 0.3) is 5.91 Å². The molecule has 1 fully saturated rings. The summed E-state index contributed by atoms with van der Waals surface area (Å²) < 4.78 is 92.8. The first kappa shape index (κ1) is 31.1. The fourth-order valence-corrected chi connectivity index (χ4v) is 6.70. The second-order valence-electron chi connectivity index (χ2n) is 9.31. The van der Waals surface area contributed by atoms with E-state index < -0.39 is 37.7 Å². The molecule has 0 spiro atoms. The smallest absolute Gasteiger partial charge is 0.369 e. The van der Waals surface area contributed by atoms with Crippen LogP contribution in [-0.4, -0.2) is 66.5 Å². The number of alkyl halides is 3. The van der Waals surface area contributed by atoms with E-state index in [1.54, 1.807) is 23.1 Å². The molecule has 9 nitrogen and oxygen atoms in total. The summed E-state index contributed by atoms with van der Waals surface area (Å²) in [5, 5.41) is 2.67. The molecule has 4 rings (SSSR count). The van der Waals surface area contributed by atoms with Gasteiger partial charge >= 0.3 is 6.18 Å². The fourth-order valence-electron chi connectivity index (χ4n) is 4.27. The minimum absolute atomic E-state index is 0.00484. The molecule has 1 N–H and O–H groups in total. The van der Waals surface area contributed by atoms with Crippen molar-refractivity contribution in [2.45, 2.75) is 11.1 Å². The Kier molecular flexibility index (Phi) is 8.92. The third-order valence-corrected chi connectivity index (χ3v) is 10.3. The summed E-state index contributed by atoms with van der Waals surface area (Å²) in [7, 11) is -6.18. The first-order valence-corrected chi connectivity index (χ1v) is 16.5. The number of piperazine rings is 1. The molecule has 3 aromatic rings.